The Morgan fingerprint density at radius 1 is 1.31 bits per heavy atom. The number of carboxylic acids is 1. The van der Waals surface area contributed by atoms with Crippen LogP contribution in [0.5, 0.6) is 0 Å². The lowest BCUT2D eigenvalue weighted by Crippen LogP contribution is -2.07. The van der Waals surface area contributed by atoms with Crippen LogP contribution in [0.15, 0.2) is 27.1 Å². The quantitative estimate of drug-likeness (QED) is 0.909. The van der Waals surface area contributed by atoms with E-state index < -0.39 is 11.9 Å². The van der Waals surface area contributed by atoms with Gasteiger partial charge in [-0.2, -0.15) is 0 Å². The molecular formula is C9H8Br2O2. The van der Waals surface area contributed by atoms with Gasteiger partial charge in [-0.3, -0.25) is 4.79 Å². The van der Waals surface area contributed by atoms with Crippen LogP contribution in [0.4, 0.5) is 0 Å². The second-order valence-corrected chi connectivity index (χ2v) is 4.59. The molecule has 13 heavy (non-hydrogen) atoms. The molecule has 1 N–H and O–H groups in total. The molecule has 0 aliphatic carbocycles. The van der Waals surface area contributed by atoms with Gasteiger partial charge in [-0.25, -0.2) is 0 Å². The van der Waals surface area contributed by atoms with Gasteiger partial charge < -0.3 is 5.11 Å². The van der Waals surface area contributed by atoms with Crippen LogP contribution in [-0.2, 0) is 4.79 Å². The molecule has 0 aromatic heterocycles. The number of carboxylic acid groups (broad SMARTS) is 1. The summed E-state index contributed by atoms with van der Waals surface area (Å²) in [4.78, 5) is 10.7. The molecule has 0 heterocycles. The van der Waals surface area contributed by atoms with Gasteiger partial charge in [0.25, 0.3) is 0 Å². The number of benzene rings is 1. The summed E-state index contributed by atoms with van der Waals surface area (Å²) in [6.07, 6.45) is 0. The van der Waals surface area contributed by atoms with Crippen molar-refractivity contribution in [3.8, 4) is 0 Å². The monoisotopic (exact) mass is 306 g/mol. The van der Waals surface area contributed by atoms with Crippen LogP contribution in [0.2, 0.25) is 0 Å². The smallest absolute Gasteiger partial charge is 0.310 e. The third kappa shape index (κ3) is 2.81. The average molecular weight is 308 g/mol. The lowest BCUT2D eigenvalue weighted by atomic mass is 10.0. The van der Waals surface area contributed by atoms with Crippen LogP contribution in [0.3, 0.4) is 0 Å². The van der Waals surface area contributed by atoms with Crippen molar-refractivity contribution in [2.75, 3.05) is 0 Å². The summed E-state index contributed by atoms with van der Waals surface area (Å²) in [5.74, 6) is -1.29. The van der Waals surface area contributed by atoms with E-state index in [0.29, 0.717) is 0 Å². The second kappa shape index (κ2) is 4.24. The fraction of sp³-hybridized carbons (Fsp3) is 0.222. The number of rotatable bonds is 2. The summed E-state index contributed by atoms with van der Waals surface area (Å²) in [6, 6.07) is 5.49. The molecule has 0 saturated heterocycles. The van der Waals surface area contributed by atoms with Crippen LogP contribution < -0.4 is 0 Å². The Labute approximate surface area is 93.2 Å². The first-order chi connectivity index (χ1) is 6.00. The molecule has 70 valence electrons. The first kappa shape index (κ1) is 10.7. The lowest BCUT2D eigenvalue weighted by molar-refractivity contribution is -0.138. The van der Waals surface area contributed by atoms with Gasteiger partial charge in [0, 0.05) is 8.95 Å². The van der Waals surface area contributed by atoms with Crippen LogP contribution in [0.1, 0.15) is 18.4 Å². The summed E-state index contributed by atoms with van der Waals surface area (Å²) < 4.78 is 1.76. The van der Waals surface area contributed by atoms with Crippen molar-refractivity contribution in [2.45, 2.75) is 12.8 Å². The van der Waals surface area contributed by atoms with Crippen molar-refractivity contribution in [3.05, 3.63) is 32.7 Å². The molecular weight excluding hydrogens is 300 g/mol. The van der Waals surface area contributed by atoms with E-state index in [2.05, 4.69) is 31.9 Å². The van der Waals surface area contributed by atoms with E-state index in [9.17, 15) is 4.79 Å². The van der Waals surface area contributed by atoms with Gasteiger partial charge in [-0.1, -0.05) is 31.9 Å². The number of aliphatic carboxylic acids is 1. The minimum atomic E-state index is -0.815. The summed E-state index contributed by atoms with van der Waals surface area (Å²) >= 11 is 6.61. The molecule has 1 atom stereocenters. The standard InChI is InChI=1S/C9H8Br2O2/c1-5(9(12)13)6-2-7(10)4-8(11)3-6/h2-5H,1H3,(H,12,13). The third-order valence-electron chi connectivity index (χ3n) is 1.76. The van der Waals surface area contributed by atoms with Gasteiger partial charge in [-0.05, 0) is 30.7 Å². The Balaban J connectivity index is 3.07. The molecule has 0 radical (unpaired) electrons. The van der Waals surface area contributed by atoms with Gasteiger partial charge in [0.05, 0.1) is 5.92 Å². The van der Waals surface area contributed by atoms with E-state index in [1.807, 2.05) is 18.2 Å². The van der Waals surface area contributed by atoms with Crippen molar-refractivity contribution in [2.24, 2.45) is 0 Å². The van der Waals surface area contributed by atoms with E-state index in [0.717, 1.165) is 14.5 Å². The molecule has 0 amide bonds. The van der Waals surface area contributed by atoms with Gasteiger partial charge in [-0.15, -0.1) is 0 Å². The minimum absolute atomic E-state index is 0.478. The maximum atomic E-state index is 10.7. The molecule has 2 nitrogen and oxygen atoms in total. The van der Waals surface area contributed by atoms with E-state index in [1.54, 1.807) is 6.92 Å². The highest BCUT2D eigenvalue weighted by molar-refractivity contribution is 9.11. The van der Waals surface area contributed by atoms with E-state index in [1.165, 1.54) is 0 Å². The SMILES string of the molecule is CC(C(=O)O)c1cc(Br)cc(Br)c1. The Morgan fingerprint density at radius 3 is 2.15 bits per heavy atom. The van der Waals surface area contributed by atoms with Crippen LogP contribution in [0.25, 0.3) is 0 Å². The maximum Gasteiger partial charge on any atom is 0.310 e. The summed E-state index contributed by atoms with van der Waals surface area (Å²) in [5.41, 5.74) is 0.786. The topological polar surface area (TPSA) is 37.3 Å². The molecule has 1 unspecified atom stereocenters. The first-order valence-corrected chi connectivity index (χ1v) is 5.28. The van der Waals surface area contributed by atoms with E-state index >= 15 is 0 Å². The molecule has 0 aliphatic rings. The summed E-state index contributed by atoms with van der Waals surface area (Å²) in [6.45, 7) is 1.66. The number of hydrogen-bond acceptors (Lipinski definition) is 1. The summed E-state index contributed by atoms with van der Waals surface area (Å²) in [7, 11) is 0. The molecule has 1 rings (SSSR count). The number of hydrogen-bond donors (Lipinski definition) is 1. The van der Waals surface area contributed by atoms with Gasteiger partial charge in [0.1, 0.15) is 0 Å². The molecule has 0 saturated carbocycles. The van der Waals surface area contributed by atoms with E-state index in [-0.39, 0.29) is 0 Å². The zero-order chi connectivity index (χ0) is 10.0. The molecule has 0 bridgehead atoms. The first-order valence-electron chi connectivity index (χ1n) is 3.69. The maximum absolute atomic E-state index is 10.7. The highest BCUT2D eigenvalue weighted by Gasteiger charge is 2.14. The van der Waals surface area contributed by atoms with Crippen molar-refractivity contribution in [1.29, 1.82) is 0 Å². The van der Waals surface area contributed by atoms with Gasteiger partial charge in [0.2, 0.25) is 0 Å². The zero-order valence-electron chi connectivity index (χ0n) is 6.92. The normalized spacial score (nSPS) is 12.5. The van der Waals surface area contributed by atoms with Crippen LogP contribution in [-0.4, -0.2) is 11.1 Å². The Hall–Kier alpha value is -0.350. The second-order valence-electron chi connectivity index (χ2n) is 2.76. The molecule has 1 aromatic carbocycles. The van der Waals surface area contributed by atoms with Crippen molar-refractivity contribution >= 4 is 37.8 Å². The highest BCUT2D eigenvalue weighted by Crippen LogP contribution is 2.25. The zero-order valence-corrected chi connectivity index (χ0v) is 10.1. The Morgan fingerprint density at radius 2 is 1.77 bits per heavy atom. The van der Waals surface area contributed by atoms with Crippen molar-refractivity contribution < 1.29 is 9.90 Å². The predicted molar refractivity (Wildman–Crippen MR) is 57.9 cm³/mol. The van der Waals surface area contributed by atoms with Crippen molar-refractivity contribution in [1.82, 2.24) is 0 Å². The largest absolute Gasteiger partial charge is 0.481 e. The fourth-order valence-corrected chi connectivity index (χ4v) is 2.30. The molecule has 1 aromatic rings. The minimum Gasteiger partial charge on any atom is -0.481 e. The Kier molecular flexibility index (Phi) is 3.50. The Bertz CT molecular complexity index is 316. The number of carbonyl (C=O) groups is 1. The fourth-order valence-electron chi connectivity index (χ4n) is 0.968. The molecule has 0 fully saturated rings. The molecule has 0 spiro atoms. The molecule has 0 aliphatic heterocycles. The predicted octanol–water partition coefficient (Wildman–Crippen LogP) is 3.40. The van der Waals surface area contributed by atoms with E-state index in [4.69, 9.17) is 5.11 Å². The van der Waals surface area contributed by atoms with Crippen LogP contribution in [0, 0.1) is 0 Å². The van der Waals surface area contributed by atoms with Crippen molar-refractivity contribution in [3.63, 3.8) is 0 Å². The third-order valence-corrected chi connectivity index (χ3v) is 2.67. The summed E-state index contributed by atoms with van der Waals surface area (Å²) in [5, 5.41) is 8.79. The van der Waals surface area contributed by atoms with Crippen LogP contribution >= 0.6 is 31.9 Å². The molecule has 4 heteroatoms. The van der Waals surface area contributed by atoms with Gasteiger partial charge in [0.15, 0.2) is 0 Å². The lowest BCUT2D eigenvalue weighted by Gasteiger charge is -2.07. The highest BCUT2D eigenvalue weighted by atomic mass is 79.9. The average Bonchev–Trinajstić information content (AvgIpc) is 2.01. The van der Waals surface area contributed by atoms with Gasteiger partial charge >= 0.3 is 5.97 Å². The number of halogens is 2.